The largest absolute Gasteiger partial charge is 0.351 e. The maximum absolute atomic E-state index is 11.6. The Labute approximate surface area is 88.9 Å². The minimum Gasteiger partial charge on any atom is -0.351 e. The van der Waals surface area contributed by atoms with E-state index in [9.17, 15) is 4.79 Å². The number of nitrogens with zero attached hydrogens (tertiary/aromatic N) is 1. The summed E-state index contributed by atoms with van der Waals surface area (Å²) >= 11 is 0. The molecule has 1 aromatic heterocycles. The third-order valence-corrected chi connectivity index (χ3v) is 1.69. The molecule has 1 rings (SSSR count). The van der Waals surface area contributed by atoms with Gasteiger partial charge in [-0.25, -0.2) is 4.98 Å². The maximum atomic E-state index is 11.6. The third-order valence-electron chi connectivity index (χ3n) is 1.69. The average molecular weight is 203 g/mol. The summed E-state index contributed by atoms with van der Waals surface area (Å²) in [6, 6.07) is 3.49. The van der Waals surface area contributed by atoms with Gasteiger partial charge in [0, 0.05) is 12.7 Å². The first kappa shape index (κ1) is 11.2. The van der Waals surface area contributed by atoms with Crippen molar-refractivity contribution < 1.29 is 4.79 Å². The molecule has 0 aliphatic heterocycles. The molecule has 0 aromatic carbocycles. The summed E-state index contributed by atoms with van der Waals surface area (Å²) in [7, 11) is 0. The fourth-order valence-electron chi connectivity index (χ4n) is 1.08. The van der Waals surface area contributed by atoms with Gasteiger partial charge >= 0.3 is 0 Å². The lowest BCUT2D eigenvalue weighted by Gasteiger charge is -2.02. The smallest absolute Gasteiger partial charge is 0.271 e. The van der Waals surface area contributed by atoms with E-state index in [4.69, 9.17) is 5.73 Å². The Hall–Kier alpha value is -1.86. The molecule has 0 bridgehead atoms. The van der Waals surface area contributed by atoms with Gasteiger partial charge in [0.2, 0.25) is 0 Å². The van der Waals surface area contributed by atoms with Gasteiger partial charge in [0.05, 0.1) is 12.1 Å². The van der Waals surface area contributed by atoms with E-state index < -0.39 is 0 Å². The third kappa shape index (κ3) is 3.08. The number of aromatic nitrogens is 1. The summed E-state index contributed by atoms with van der Waals surface area (Å²) in [5.74, 6) is 5.30. The normalized spacial score (nSPS) is 8.93. The van der Waals surface area contributed by atoms with E-state index in [2.05, 4.69) is 22.1 Å². The fourth-order valence-corrected chi connectivity index (χ4v) is 1.08. The van der Waals surface area contributed by atoms with E-state index in [1.165, 1.54) is 0 Å². The van der Waals surface area contributed by atoms with Crippen LogP contribution < -0.4 is 11.1 Å². The molecule has 0 aliphatic carbocycles. The van der Waals surface area contributed by atoms with Gasteiger partial charge in [0.1, 0.15) is 5.69 Å². The van der Waals surface area contributed by atoms with Crippen molar-refractivity contribution in [1.82, 2.24) is 10.3 Å². The van der Waals surface area contributed by atoms with E-state index in [0.29, 0.717) is 17.8 Å². The summed E-state index contributed by atoms with van der Waals surface area (Å²) in [4.78, 5) is 15.6. The molecule has 0 radical (unpaired) electrons. The van der Waals surface area contributed by atoms with Gasteiger partial charge in [0.25, 0.3) is 5.91 Å². The Morgan fingerprint density at radius 3 is 3.13 bits per heavy atom. The van der Waals surface area contributed by atoms with Gasteiger partial charge in [-0.05, 0) is 19.1 Å². The van der Waals surface area contributed by atoms with Gasteiger partial charge < -0.3 is 11.1 Å². The van der Waals surface area contributed by atoms with Gasteiger partial charge in [-0.2, -0.15) is 0 Å². The van der Waals surface area contributed by atoms with Crippen LogP contribution in [0.2, 0.25) is 0 Å². The quantitative estimate of drug-likeness (QED) is 0.672. The Morgan fingerprint density at radius 1 is 1.67 bits per heavy atom. The van der Waals surface area contributed by atoms with Crippen LogP contribution >= 0.6 is 0 Å². The molecule has 4 nitrogen and oxygen atoms in total. The number of carbonyl (C=O) groups excluding carboxylic acids is 1. The minimum absolute atomic E-state index is 0.209. The topological polar surface area (TPSA) is 68.0 Å². The molecule has 4 heteroatoms. The number of nitrogens with one attached hydrogen (secondary N) is 1. The predicted molar refractivity (Wildman–Crippen MR) is 58.2 cm³/mol. The summed E-state index contributed by atoms with van der Waals surface area (Å²) in [5.41, 5.74) is 6.22. The lowest BCUT2D eigenvalue weighted by molar-refractivity contribution is 0.0950. The standard InChI is InChI=1S/C11H13N3O/c1-2-13-11(15)10-9(5-3-7-12)6-4-8-14-10/h4,6,8H,2,7,12H2,1H3,(H,13,15). The second-order valence-electron chi connectivity index (χ2n) is 2.76. The van der Waals surface area contributed by atoms with Crippen molar-refractivity contribution in [3.63, 3.8) is 0 Å². The highest BCUT2D eigenvalue weighted by atomic mass is 16.1. The van der Waals surface area contributed by atoms with Gasteiger partial charge in [-0.3, -0.25) is 4.79 Å². The molecule has 3 N–H and O–H groups in total. The van der Waals surface area contributed by atoms with Crippen molar-refractivity contribution in [1.29, 1.82) is 0 Å². The van der Waals surface area contributed by atoms with Crippen LogP contribution in [0.5, 0.6) is 0 Å². The zero-order valence-corrected chi connectivity index (χ0v) is 8.58. The Morgan fingerprint density at radius 2 is 2.47 bits per heavy atom. The molecule has 78 valence electrons. The first-order valence-electron chi connectivity index (χ1n) is 4.71. The Balaban J connectivity index is 3.00. The molecule has 0 unspecified atom stereocenters. The molecule has 0 atom stereocenters. The van der Waals surface area contributed by atoms with Crippen LogP contribution in [-0.2, 0) is 0 Å². The SMILES string of the molecule is CCNC(=O)c1ncccc1C#CCN. The monoisotopic (exact) mass is 203 g/mol. The van der Waals surface area contributed by atoms with Crippen LogP contribution in [0.1, 0.15) is 23.0 Å². The number of nitrogens with two attached hydrogens (primary N) is 1. The van der Waals surface area contributed by atoms with Crippen molar-refractivity contribution in [3.8, 4) is 11.8 Å². The van der Waals surface area contributed by atoms with Crippen LogP contribution in [0.4, 0.5) is 0 Å². The lowest BCUT2D eigenvalue weighted by atomic mass is 10.2. The van der Waals surface area contributed by atoms with E-state index >= 15 is 0 Å². The highest BCUT2D eigenvalue weighted by molar-refractivity contribution is 5.94. The van der Waals surface area contributed by atoms with E-state index in [1.54, 1.807) is 18.3 Å². The number of hydrogen-bond donors (Lipinski definition) is 2. The molecule has 0 saturated heterocycles. The highest BCUT2D eigenvalue weighted by Gasteiger charge is 2.09. The number of rotatable bonds is 2. The van der Waals surface area contributed by atoms with Crippen LogP contribution in [0.15, 0.2) is 18.3 Å². The Bertz CT molecular complexity index is 404. The molecule has 0 spiro atoms. The second-order valence-corrected chi connectivity index (χ2v) is 2.76. The zero-order chi connectivity index (χ0) is 11.1. The second kappa shape index (κ2) is 5.78. The number of hydrogen-bond acceptors (Lipinski definition) is 3. The molecule has 15 heavy (non-hydrogen) atoms. The summed E-state index contributed by atoms with van der Waals surface area (Å²) in [6.45, 7) is 2.69. The number of carbonyl (C=O) groups is 1. The molecular weight excluding hydrogens is 190 g/mol. The Kier molecular flexibility index (Phi) is 4.32. The van der Waals surface area contributed by atoms with Crippen molar-refractivity contribution in [3.05, 3.63) is 29.6 Å². The van der Waals surface area contributed by atoms with Gasteiger partial charge in [0.15, 0.2) is 0 Å². The first-order chi connectivity index (χ1) is 7.29. The van der Waals surface area contributed by atoms with Crippen LogP contribution in [0, 0.1) is 11.8 Å². The van der Waals surface area contributed by atoms with Gasteiger partial charge in [-0.1, -0.05) is 11.8 Å². The highest BCUT2D eigenvalue weighted by Crippen LogP contribution is 2.02. The minimum atomic E-state index is -0.209. The number of amides is 1. The summed E-state index contributed by atoms with van der Waals surface area (Å²) < 4.78 is 0. The maximum Gasteiger partial charge on any atom is 0.271 e. The molecule has 0 fully saturated rings. The summed E-state index contributed by atoms with van der Waals surface area (Å²) in [5, 5.41) is 2.68. The van der Waals surface area contributed by atoms with E-state index in [0.717, 1.165) is 0 Å². The fraction of sp³-hybridized carbons (Fsp3) is 0.273. The molecular formula is C11H13N3O. The van der Waals surface area contributed by atoms with Gasteiger partial charge in [-0.15, -0.1) is 0 Å². The molecule has 1 heterocycles. The first-order valence-corrected chi connectivity index (χ1v) is 4.71. The van der Waals surface area contributed by atoms with E-state index in [-0.39, 0.29) is 12.5 Å². The van der Waals surface area contributed by atoms with Crippen molar-refractivity contribution >= 4 is 5.91 Å². The zero-order valence-electron chi connectivity index (χ0n) is 8.58. The molecule has 0 saturated carbocycles. The predicted octanol–water partition coefficient (Wildman–Crippen LogP) is 0.142. The molecule has 1 amide bonds. The van der Waals surface area contributed by atoms with Crippen LogP contribution in [0.3, 0.4) is 0 Å². The van der Waals surface area contributed by atoms with Crippen LogP contribution in [0.25, 0.3) is 0 Å². The number of pyridine rings is 1. The van der Waals surface area contributed by atoms with E-state index in [1.807, 2.05) is 6.92 Å². The lowest BCUT2D eigenvalue weighted by Crippen LogP contribution is -2.24. The average Bonchev–Trinajstić information content (AvgIpc) is 2.27. The molecule has 0 aliphatic rings. The van der Waals surface area contributed by atoms with Crippen molar-refractivity contribution in [2.24, 2.45) is 5.73 Å². The molecule has 1 aromatic rings. The summed E-state index contributed by atoms with van der Waals surface area (Å²) in [6.07, 6.45) is 1.57. The van der Waals surface area contributed by atoms with Crippen molar-refractivity contribution in [2.75, 3.05) is 13.1 Å². The van der Waals surface area contributed by atoms with Crippen LogP contribution in [-0.4, -0.2) is 24.0 Å². The van der Waals surface area contributed by atoms with Crippen molar-refractivity contribution in [2.45, 2.75) is 6.92 Å².